The molecule has 0 saturated carbocycles. The molecule has 0 saturated heterocycles. The molecule has 0 spiro atoms. The summed E-state index contributed by atoms with van der Waals surface area (Å²) in [4.78, 5) is 0. The second-order valence-corrected chi connectivity index (χ2v) is 4.71. The zero-order valence-electron chi connectivity index (χ0n) is 10.6. The Balaban J connectivity index is 2.77. The second kappa shape index (κ2) is 6.72. The quantitative estimate of drug-likeness (QED) is 0.801. The fraction of sp³-hybridized carbons (Fsp3) is 0.571. The third kappa shape index (κ3) is 4.10. The lowest BCUT2D eigenvalue weighted by molar-refractivity contribution is 0.117. The number of hydrogen-bond donors (Lipinski definition) is 2. The van der Waals surface area contributed by atoms with Crippen LogP contribution < -0.4 is 5.73 Å². The van der Waals surface area contributed by atoms with Gasteiger partial charge in [0, 0.05) is 12.5 Å². The summed E-state index contributed by atoms with van der Waals surface area (Å²) < 4.78 is 13.1. The highest BCUT2D eigenvalue weighted by atomic mass is 19.1. The van der Waals surface area contributed by atoms with E-state index in [1.54, 1.807) is 6.07 Å². The molecule has 0 aromatic heterocycles. The lowest BCUT2D eigenvalue weighted by atomic mass is 9.87. The number of nitrogens with two attached hydrogens (primary N) is 1. The first kappa shape index (κ1) is 14.1. The van der Waals surface area contributed by atoms with Gasteiger partial charge in [-0.25, -0.2) is 4.39 Å². The van der Waals surface area contributed by atoms with E-state index in [0.717, 1.165) is 12.0 Å². The van der Waals surface area contributed by atoms with Crippen molar-refractivity contribution in [1.82, 2.24) is 0 Å². The van der Waals surface area contributed by atoms with Crippen molar-refractivity contribution in [1.29, 1.82) is 0 Å². The number of halogens is 1. The highest BCUT2D eigenvalue weighted by Gasteiger charge is 2.21. The van der Waals surface area contributed by atoms with E-state index in [1.807, 2.05) is 6.07 Å². The number of hydrogen-bond acceptors (Lipinski definition) is 2. The number of aliphatic hydroxyl groups excluding tert-OH is 1. The maximum absolute atomic E-state index is 13.1. The molecule has 1 aromatic carbocycles. The minimum atomic E-state index is -0.503. The zero-order valence-corrected chi connectivity index (χ0v) is 10.6. The van der Waals surface area contributed by atoms with E-state index in [9.17, 15) is 9.50 Å². The third-order valence-electron chi connectivity index (χ3n) is 3.34. The molecule has 1 rings (SSSR count). The van der Waals surface area contributed by atoms with E-state index in [2.05, 4.69) is 13.8 Å². The fourth-order valence-electron chi connectivity index (χ4n) is 2.00. The minimum Gasteiger partial charge on any atom is -0.392 e. The highest BCUT2D eigenvalue weighted by molar-refractivity contribution is 5.22. The summed E-state index contributed by atoms with van der Waals surface area (Å²) in [5.41, 5.74) is 6.47. The Labute approximate surface area is 103 Å². The van der Waals surface area contributed by atoms with Crippen molar-refractivity contribution >= 4 is 0 Å². The molecule has 0 aliphatic carbocycles. The molecule has 2 nitrogen and oxygen atoms in total. The summed E-state index contributed by atoms with van der Waals surface area (Å²) >= 11 is 0. The van der Waals surface area contributed by atoms with E-state index >= 15 is 0 Å². The fourth-order valence-corrected chi connectivity index (χ4v) is 2.00. The molecule has 0 bridgehead atoms. The van der Waals surface area contributed by atoms with E-state index in [-0.39, 0.29) is 11.7 Å². The van der Waals surface area contributed by atoms with Crippen molar-refractivity contribution in [2.24, 2.45) is 11.7 Å². The number of rotatable bonds is 6. The van der Waals surface area contributed by atoms with Gasteiger partial charge in [0.2, 0.25) is 0 Å². The van der Waals surface area contributed by atoms with Crippen LogP contribution in [0.4, 0.5) is 4.39 Å². The Bertz CT molecular complexity index is 343. The van der Waals surface area contributed by atoms with Crippen LogP contribution in [0.1, 0.15) is 38.2 Å². The summed E-state index contributed by atoms with van der Waals surface area (Å²) in [5, 5.41) is 10.2. The van der Waals surface area contributed by atoms with Crippen LogP contribution in [0.3, 0.4) is 0 Å². The monoisotopic (exact) mass is 239 g/mol. The van der Waals surface area contributed by atoms with Crippen LogP contribution in [0, 0.1) is 11.7 Å². The first-order valence-corrected chi connectivity index (χ1v) is 6.22. The minimum absolute atomic E-state index is 0.181. The molecule has 0 aliphatic heterocycles. The van der Waals surface area contributed by atoms with Gasteiger partial charge in [0.1, 0.15) is 5.82 Å². The second-order valence-electron chi connectivity index (χ2n) is 4.71. The zero-order chi connectivity index (χ0) is 12.8. The molecule has 3 heteroatoms. The molecule has 3 N–H and O–H groups in total. The predicted octanol–water partition coefficient (Wildman–Crippen LogP) is 2.67. The van der Waals surface area contributed by atoms with Crippen molar-refractivity contribution in [2.75, 3.05) is 6.54 Å². The van der Waals surface area contributed by atoms with Crippen molar-refractivity contribution in [2.45, 2.75) is 38.7 Å². The summed E-state index contributed by atoms with van der Waals surface area (Å²) in [6.07, 6.45) is 1.23. The molecule has 3 unspecified atom stereocenters. The average Bonchev–Trinajstić information content (AvgIpc) is 2.30. The Morgan fingerprint density at radius 3 is 2.65 bits per heavy atom. The van der Waals surface area contributed by atoms with Crippen LogP contribution >= 0.6 is 0 Å². The first-order valence-electron chi connectivity index (χ1n) is 6.22. The van der Waals surface area contributed by atoms with E-state index in [1.165, 1.54) is 12.1 Å². The number of benzene rings is 1. The van der Waals surface area contributed by atoms with E-state index < -0.39 is 6.10 Å². The molecule has 0 fully saturated rings. The smallest absolute Gasteiger partial charge is 0.123 e. The summed E-state index contributed by atoms with van der Waals surface area (Å²) in [5.74, 6) is -0.0102. The SMILES string of the molecule is CCC(C)CC(O)C(CN)c1cccc(F)c1. The van der Waals surface area contributed by atoms with Crippen molar-refractivity contribution in [3.8, 4) is 0 Å². The maximum Gasteiger partial charge on any atom is 0.123 e. The van der Waals surface area contributed by atoms with Gasteiger partial charge >= 0.3 is 0 Å². The Morgan fingerprint density at radius 1 is 1.41 bits per heavy atom. The van der Waals surface area contributed by atoms with Gasteiger partial charge in [-0.2, -0.15) is 0 Å². The molecule has 3 atom stereocenters. The van der Waals surface area contributed by atoms with E-state index in [4.69, 9.17) is 5.73 Å². The van der Waals surface area contributed by atoms with Gasteiger partial charge in [-0.05, 0) is 30.0 Å². The normalized spacial score (nSPS) is 16.5. The summed E-state index contributed by atoms with van der Waals surface area (Å²) in [6, 6.07) is 6.33. The first-order chi connectivity index (χ1) is 8.08. The third-order valence-corrected chi connectivity index (χ3v) is 3.34. The standard InChI is InChI=1S/C14H22FNO/c1-3-10(2)7-14(17)13(9-16)11-5-4-6-12(15)8-11/h4-6,8,10,13-14,17H,3,7,9,16H2,1-2H3. The van der Waals surface area contributed by atoms with Gasteiger partial charge in [-0.3, -0.25) is 0 Å². The topological polar surface area (TPSA) is 46.2 Å². The van der Waals surface area contributed by atoms with Crippen LogP contribution in [-0.4, -0.2) is 17.8 Å². The molecular weight excluding hydrogens is 217 g/mol. The lowest BCUT2D eigenvalue weighted by Crippen LogP contribution is -2.27. The molecule has 17 heavy (non-hydrogen) atoms. The lowest BCUT2D eigenvalue weighted by Gasteiger charge is -2.24. The van der Waals surface area contributed by atoms with Gasteiger partial charge in [0.25, 0.3) is 0 Å². The van der Waals surface area contributed by atoms with Crippen LogP contribution in [-0.2, 0) is 0 Å². The Hall–Kier alpha value is -0.930. The predicted molar refractivity (Wildman–Crippen MR) is 68.3 cm³/mol. The van der Waals surface area contributed by atoms with Gasteiger partial charge in [-0.15, -0.1) is 0 Å². The van der Waals surface area contributed by atoms with Crippen LogP contribution in [0.25, 0.3) is 0 Å². The summed E-state index contributed by atoms with van der Waals surface area (Å²) in [7, 11) is 0. The molecule has 0 aliphatic rings. The molecule has 0 heterocycles. The van der Waals surface area contributed by atoms with Crippen molar-refractivity contribution in [3.63, 3.8) is 0 Å². The summed E-state index contributed by atoms with van der Waals surface area (Å²) in [6.45, 7) is 4.53. The van der Waals surface area contributed by atoms with Crippen molar-refractivity contribution < 1.29 is 9.50 Å². The molecule has 0 amide bonds. The highest BCUT2D eigenvalue weighted by Crippen LogP contribution is 2.24. The van der Waals surface area contributed by atoms with Crippen LogP contribution in [0.2, 0.25) is 0 Å². The van der Waals surface area contributed by atoms with Gasteiger partial charge < -0.3 is 10.8 Å². The number of aliphatic hydroxyl groups is 1. The van der Waals surface area contributed by atoms with Gasteiger partial charge in [0.05, 0.1) is 6.10 Å². The van der Waals surface area contributed by atoms with Gasteiger partial charge in [-0.1, -0.05) is 32.4 Å². The Morgan fingerprint density at radius 2 is 2.12 bits per heavy atom. The van der Waals surface area contributed by atoms with E-state index in [0.29, 0.717) is 18.9 Å². The molecule has 1 aromatic rings. The molecule has 0 radical (unpaired) electrons. The van der Waals surface area contributed by atoms with Gasteiger partial charge in [0.15, 0.2) is 0 Å². The van der Waals surface area contributed by atoms with Crippen LogP contribution in [0.5, 0.6) is 0 Å². The van der Waals surface area contributed by atoms with Crippen LogP contribution in [0.15, 0.2) is 24.3 Å². The van der Waals surface area contributed by atoms with Crippen molar-refractivity contribution in [3.05, 3.63) is 35.6 Å². The molecular formula is C14H22FNO. The maximum atomic E-state index is 13.1. The molecule has 96 valence electrons. The largest absolute Gasteiger partial charge is 0.392 e. The average molecular weight is 239 g/mol. The Kier molecular flexibility index (Phi) is 5.59.